The zero-order chi connectivity index (χ0) is 14.0. The molecule has 5 heteroatoms. The van der Waals surface area contributed by atoms with E-state index in [1.165, 1.54) is 0 Å². The van der Waals surface area contributed by atoms with Gasteiger partial charge in [0.1, 0.15) is 5.76 Å². The van der Waals surface area contributed by atoms with Crippen LogP contribution in [0.1, 0.15) is 37.3 Å². The monoisotopic (exact) mass is 317 g/mol. The molecule has 2 rings (SSSR count). The first kappa shape index (κ1) is 14.7. The molecule has 19 heavy (non-hydrogen) atoms. The lowest BCUT2D eigenvalue weighted by Gasteiger charge is -2.20. The number of benzene rings is 1. The van der Waals surface area contributed by atoms with Crippen LogP contribution in [-0.2, 0) is 0 Å². The van der Waals surface area contributed by atoms with Crippen LogP contribution in [0, 0.1) is 0 Å². The van der Waals surface area contributed by atoms with Crippen molar-refractivity contribution in [2.75, 3.05) is 0 Å². The summed E-state index contributed by atoms with van der Waals surface area (Å²) in [6.45, 7) is 4.05. The molecular weight excluding hydrogens is 305 g/mol. The Kier molecular flexibility index (Phi) is 4.80. The van der Waals surface area contributed by atoms with Crippen LogP contribution < -0.4 is 5.32 Å². The molecule has 0 aliphatic carbocycles. The highest BCUT2D eigenvalue weighted by Gasteiger charge is 2.17. The minimum Gasteiger partial charge on any atom is -0.468 e. The third-order valence-corrected chi connectivity index (χ3v) is 4.31. The average Bonchev–Trinajstić information content (AvgIpc) is 2.89. The van der Waals surface area contributed by atoms with E-state index >= 15 is 0 Å². The third kappa shape index (κ3) is 3.26. The van der Waals surface area contributed by atoms with Crippen molar-refractivity contribution in [3.63, 3.8) is 0 Å². The minimum absolute atomic E-state index is 0.0300. The molecule has 0 fully saturated rings. The molecule has 0 aliphatic rings. The van der Waals surface area contributed by atoms with Gasteiger partial charge in [-0.25, -0.2) is 0 Å². The van der Waals surface area contributed by atoms with Crippen molar-refractivity contribution in [3.8, 4) is 0 Å². The standard InChI is InChI=1S/C14H14Cl3NO/c1-8(18-9(2)12-4-3-7-19-12)10-5-6-11(15)14(17)13(10)16/h3-9,18H,1-2H3/t8?,9-/m0/s1. The molecule has 0 amide bonds. The first-order valence-electron chi connectivity index (χ1n) is 5.93. The fourth-order valence-electron chi connectivity index (χ4n) is 1.96. The summed E-state index contributed by atoms with van der Waals surface area (Å²) >= 11 is 18.2. The van der Waals surface area contributed by atoms with Crippen molar-refractivity contribution in [1.29, 1.82) is 0 Å². The maximum atomic E-state index is 6.22. The number of halogens is 3. The molecule has 2 aromatic rings. The lowest BCUT2D eigenvalue weighted by molar-refractivity contribution is 0.403. The number of hydrogen-bond acceptors (Lipinski definition) is 2. The van der Waals surface area contributed by atoms with E-state index in [9.17, 15) is 0 Å². The highest BCUT2D eigenvalue weighted by Crippen LogP contribution is 2.36. The van der Waals surface area contributed by atoms with Gasteiger partial charge in [-0.1, -0.05) is 40.9 Å². The lowest BCUT2D eigenvalue weighted by Crippen LogP contribution is -2.22. The Labute approximate surface area is 127 Å². The first-order chi connectivity index (χ1) is 9.00. The highest BCUT2D eigenvalue weighted by molar-refractivity contribution is 6.48. The summed E-state index contributed by atoms with van der Waals surface area (Å²) in [6.07, 6.45) is 1.66. The molecule has 2 atom stereocenters. The molecule has 0 bridgehead atoms. The predicted octanol–water partition coefficient (Wildman–Crippen LogP) is 5.65. The van der Waals surface area contributed by atoms with Crippen LogP contribution in [0.3, 0.4) is 0 Å². The van der Waals surface area contributed by atoms with Crippen LogP contribution in [-0.4, -0.2) is 0 Å². The van der Waals surface area contributed by atoms with Crippen LogP contribution in [0.15, 0.2) is 34.9 Å². The second kappa shape index (κ2) is 6.19. The molecule has 2 nitrogen and oxygen atoms in total. The fourth-order valence-corrected chi connectivity index (χ4v) is 2.67. The smallest absolute Gasteiger partial charge is 0.120 e. The molecular formula is C14H14Cl3NO. The van der Waals surface area contributed by atoms with Crippen molar-refractivity contribution >= 4 is 34.8 Å². The van der Waals surface area contributed by atoms with Crippen LogP contribution in [0.4, 0.5) is 0 Å². The Morgan fingerprint density at radius 1 is 1.00 bits per heavy atom. The van der Waals surface area contributed by atoms with Gasteiger partial charge < -0.3 is 9.73 Å². The SMILES string of the molecule is CC(N[C@@H](C)c1ccco1)c1ccc(Cl)c(Cl)c1Cl. The highest BCUT2D eigenvalue weighted by atomic mass is 35.5. The third-order valence-electron chi connectivity index (χ3n) is 3.00. The molecule has 0 aliphatic heterocycles. The summed E-state index contributed by atoms with van der Waals surface area (Å²) in [4.78, 5) is 0. The number of hydrogen-bond donors (Lipinski definition) is 1. The number of nitrogens with one attached hydrogen (secondary N) is 1. The van der Waals surface area contributed by atoms with E-state index in [-0.39, 0.29) is 12.1 Å². The average molecular weight is 319 g/mol. The van der Waals surface area contributed by atoms with Gasteiger partial charge in [-0.3, -0.25) is 0 Å². The second-order valence-electron chi connectivity index (χ2n) is 4.39. The maximum Gasteiger partial charge on any atom is 0.120 e. The molecule has 0 saturated carbocycles. The van der Waals surface area contributed by atoms with Gasteiger partial charge in [0.05, 0.1) is 27.4 Å². The zero-order valence-corrected chi connectivity index (χ0v) is 12.9. The van der Waals surface area contributed by atoms with Crippen LogP contribution in [0.5, 0.6) is 0 Å². The van der Waals surface area contributed by atoms with E-state index in [0.29, 0.717) is 15.1 Å². The van der Waals surface area contributed by atoms with Crippen molar-refractivity contribution in [1.82, 2.24) is 5.32 Å². The van der Waals surface area contributed by atoms with Crippen molar-refractivity contribution in [2.24, 2.45) is 0 Å². The molecule has 0 spiro atoms. The first-order valence-corrected chi connectivity index (χ1v) is 7.07. The van der Waals surface area contributed by atoms with Crippen LogP contribution in [0.25, 0.3) is 0 Å². The Morgan fingerprint density at radius 2 is 1.74 bits per heavy atom. The van der Waals surface area contributed by atoms with Gasteiger partial charge in [0.25, 0.3) is 0 Å². The fraction of sp³-hybridized carbons (Fsp3) is 0.286. The van der Waals surface area contributed by atoms with E-state index in [1.807, 2.05) is 32.0 Å². The molecule has 1 aromatic carbocycles. The van der Waals surface area contributed by atoms with Gasteiger partial charge >= 0.3 is 0 Å². The van der Waals surface area contributed by atoms with E-state index in [1.54, 1.807) is 12.3 Å². The van der Waals surface area contributed by atoms with E-state index in [2.05, 4.69) is 5.32 Å². The predicted molar refractivity (Wildman–Crippen MR) is 80.1 cm³/mol. The van der Waals surface area contributed by atoms with Gasteiger partial charge in [0.2, 0.25) is 0 Å². The Bertz CT molecular complexity index is 554. The Balaban J connectivity index is 2.16. The van der Waals surface area contributed by atoms with Gasteiger partial charge in [0, 0.05) is 6.04 Å². The van der Waals surface area contributed by atoms with E-state index < -0.39 is 0 Å². The number of rotatable bonds is 4. The maximum absolute atomic E-state index is 6.22. The molecule has 1 N–H and O–H groups in total. The van der Waals surface area contributed by atoms with Gasteiger partial charge in [-0.05, 0) is 37.6 Å². The normalized spacial score (nSPS) is 14.4. The summed E-state index contributed by atoms with van der Waals surface area (Å²) in [5.41, 5.74) is 0.912. The summed E-state index contributed by atoms with van der Waals surface area (Å²) in [6, 6.07) is 7.53. The molecule has 0 saturated heterocycles. The lowest BCUT2D eigenvalue weighted by atomic mass is 10.1. The summed E-state index contributed by atoms with van der Waals surface area (Å²) in [5, 5.41) is 4.74. The minimum atomic E-state index is 0.0300. The summed E-state index contributed by atoms with van der Waals surface area (Å²) in [7, 11) is 0. The van der Waals surface area contributed by atoms with Crippen LogP contribution in [0.2, 0.25) is 15.1 Å². The molecule has 102 valence electrons. The second-order valence-corrected chi connectivity index (χ2v) is 5.55. The van der Waals surface area contributed by atoms with Crippen LogP contribution >= 0.6 is 34.8 Å². The Hall–Kier alpha value is -0.670. The molecule has 0 radical (unpaired) electrons. The molecule has 1 aromatic heterocycles. The molecule has 1 heterocycles. The van der Waals surface area contributed by atoms with Gasteiger partial charge in [0.15, 0.2) is 0 Å². The zero-order valence-electron chi connectivity index (χ0n) is 10.6. The topological polar surface area (TPSA) is 25.2 Å². The molecule has 1 unspecified atom stereocenters. The van der Waals surface area contributed by atoms with Gasteiger partial charge in [-0.2, -0.15) is 0 Å². The van der Waals surface area contributed by atoms with Gasteiger partial charge in [-0.15, -0.1) is 0 Å². The summed E-state index contributed by atoms with van der Waals surface area (Å²) in [5.74, 6) is 0.878. The van der Waals surface area contributed by atoms with Crippen molar-refractivity contribution in [3.05, 3.63) is 56.9 Å². The van der Waals surface area contributed by atoms with Crippen molar-refractivity contribution < 1.29 is 4.42 Å². The van der Waals surface area contributed by atoms with E-state index in [4.69, 9.17) is 39.2 Å². The van der Waals surface area contributed by atoms with E-state index in [0.717, 1.165) is 11.3 Å². The largest absolute Gasteiger partial charge is 0.468 e. The van der Waals surface area contributed by atoms with Crippen molar-refractivity contribution in [2.45, 2.75) is 25.9 Å². The Morgan fingerprint density at radius 3 is 2.37 bits per heavy atom. The number of furan rings is 1. The summed E-state index contributed by atoms with van der Waals surface area (Å²) < 4.78 is 5.36. The quantitative estimate of drug-likeness (QED) is 0.737.